The Bertz CT molecular complexity index is 442. The lowest BCUT2D eigenvalue weighted by Crippen LogP contribution is -2.54. The summed E-state index contributed by atoms with van der Waals surface area (Å²) in [5, 5.41) is 12.7. The van der Waals surface area contributed by atoms with E-state index < -0.39 is 5.54 Å². The van der Waals surface area contributed by atoms with E-state index in [4.69, 9.17) is 0 Å². The second kappa shape index (κ2) is 5.57. The Morgan fingerprint density at radius 2 is 2.10 bits per heavy atom. The standard InChI is InChI=1S/C15H25N3O3/c1-11-5-2-3-7-15(11)13(20)18(14(21)16-15)10-17-8-4-6-12(19)9-17/h11-12,19H,2-10H2,1H3,(H,16,21). The topological polar surface area (TPSA) is 72.9 Å². The lowest BCUT2D eigenvalue weighted by Gasteiger charge is -2.37. The number of nitrogens with one attached hydrogen (secondary N) is 1. The molecule has 0 bridgehead atoms. The SMILES string of the molecule is CC1CCCCC12NC(=O)N(CN1CCCC(O)C1)C2=O. The maximum atomic E-state index is 12.8. The van der Waals surface area contributed by atoms with Gasteiger partial charge in [-0.25, -0.2) is 9.69 Å². The van der Waals surface area contributed by atoms with Gasteiger partial charge in [-0.2, -0.15) is 0 Å². The van der Waals surface area contributed by atoms with E-state index >= 15 is 0 Å². The zero-order chi connectivity index (χ0) is 15.0. The molecule has 2 aliphatic heterocycles. The van der Waals surface area contributed by atoms with Crippen LogP contribution in [0.15, 0.2) is 0 Å². The minimum atomic E-state index is -0.677. The Kier molecular flexibility index (Phi) is 3.92. The molecule has 3 unspecified atom stereocenters. The van der Waals surface area contributed by atoms with Crippen LogP contribution in [0.25, 0.3) is 0 Å². The third-order valence-corrected chi connectivity index (χ3v) is 5.32. The van der Waals surface area contributed by atoms with Crippen molar-refractivity contribution in [2.45, 2.75) is 57.1 Å². The van der Waals surface area contributed by atoms with Crippen molar-refractivity contribution in [2.24, 2.45) is 5.92 Å². The molecule has 3 fully saturated rings. The van der Waals surface area contributed by atoms with E-state index in [-0.39, 0.29) is 24.0 Å². The number of imide groups is 1. The molecule has 6 nitrogen and oxygen atoms in total. The van der Waals surface area contributed by atoms with Crippen LogP contribution in [-0.4, -0.2) is 58.2 Å². The van der Waals surface area contributed by atoms with Gasteiger partial charge in [0.05, 0.1) is 12.8 Å². The fourth-order valence-corrected chi connectivity index (χ4v) is 3.98. The summed E-state index contributed by atoms with van der Waals surface area (Å²) in [5.41, 5.74) is -0.677. The fraction of sp³-hybridized carbons (Fsp3) is 0.867. The van der Waals surface area contributed by atoms with Crippen LogP contribution in [0, 0.1) is 5.92 Å². The summed E-state index contributed by atoms with van der Waals surface area (Å²) in [4.78, 5) is 28.4. The Morgan fingerprint density at radius 3 is 2.81 bits per heavy atom. The zero-order valence-corrected chi connectivity index (χ0v) is 12.7. The van der Waals surface area contributed by atoms with Crippen molar-refractivity contribution in [2.75, 3.05) is 19.8 Å². The highest BCUT2D eigenvalue weighted by atomic mass is 16.3. The number of aliphatic hydroxyl groups is 1. The Morgan fingerprint density at radius 1 is 1.29 bits per heavy atom. The van der Waals surface area contributed by atoms with Crippen molar-refractivity contribution in [3.63, 3.8) is 0 Å². The smallest absolute Gasteiger partial charge is 0.326 e. The van der Waals surface area contributed by atoms with Gasteiger partial charge in [0.1, 0.15) is 5.54 Å². The van der Waals surface area contributed by atoms with E-state index in [0.29, 0.717) is 13.2 Å². The largest absolute Gasteiger partial charge is 0.392 e. The molecule has 21 heavy (non-hydrogen) atoms. The molecule has 2 N–H and O–H groups in total. The zero-order valence-electron chi connectivity index (χ0n) is 12.7. The molecule has 118 valence electrons. The van der Waals surface area contributed by atoms with E-state index in [9.17, 15) is 14.7 Å². The van der Waals surface area contributed by atoms with E-state index in [0.717, 1.165) is 45.1 Å². The summed E-state index contributed by atoms with van der Waals surface area (Å²) in [5.74, 6) is 0.124. The van der Waals surface area contributed by atoms with Crippen LogP contribution in [0.1, 0.15) is 45.4 Å². The van der Waals surface area contributed by atoms with Crippen molar-refractivity contribution in [1.29, 1.82) is 0 Å². The van der Waals surface area contributed by atoms with Crippen molar-refractivity contribution in [1.82, 2.24) is 15.1 Å². The van der Waals surface area contributed by atoms with Gasteiger partial charge in [0, 0.05) is 13.1 Å². The van der Waals surface area contributed by atoms with Crippen LogP contribution >= 0.6 is 0 Å². The predicted octanol–water partition coefficient (Wildman–Crippen LogP) is 0.901. The summed E-state index contributed by atoms with van der Waals surface area (Å²) >= 11 is 0. The Hall–Kier alpha value is -1.14. The summed E-state index contributed by atoms with van der Waals surface area (Å²) < 4.78 is 0. The van der Waals surface area contributed by atoms with Crippen molar-refractivity contribution in [3.8, 4) is 0 Å². The van der Waals surface area contributed by atoms with Crippen LogP contribution < -0.4 is 5.32 Å². The molecule has 3 rings (SSSR count). The summed E-state index contributed by atoms with van der Waals surface area (Å²) in [7, 11) is 0. The number of likely N-dealkylation sites (tertiary alicyclic amines) is 1. The molecule has 3 amide bonds. The summed E-state index contributed by atoms with van der Waals surface area (Å²) in [6.45, 7) is 3.73. The van der Waals surface area contributed by atoms with Crippen LogP contribution in [-0.2, 0) is 4.79 Å². The quantitative estimate of drug-likeness (QED) is 0.743. The second-order valence-electron chi connectivity index (χ2n) is 6.80. The molecular formula is C15H25N3O3. The van der Waals surface area contributed by atoms with E-state index in [1.807, 2.05) is 4.90 Å². The van der Waals surface area contributed by atoms with Gasteiger partial charge in [0.15, 0.2) is 0 Å². The number of rotatable bonds is 2. The second-order valence-corrected chi connectivity index (χ2v) is 6.80. The molecule has 1 saturated carbocycles. The molecule has 3 aliphatic rings. The van der Waals surface area contributed by atoms with E-state index in [1.54, 1.807) is 0 Å². The van der Waals surface area contributed by atoms with Crippen LogP contribution in [0.4, 0.5) is 4.79 Å². The van der Waals surface area contributed by atoms with Crippen molar-refractivity contribution in [3.05, 3.63) is 0 Å². The molecule has 2 saturated heterocycles. The number of amides is 3. The van der Waals surface area contributed by atoms with Gasteiger partial charge in [-0.15, -0.1) is 0 Å². The van der Waals surface area contributed by atoms with Gasteiger partial charge in [-0.3, -0.25) is 9.69 Å². The number of piperidine rings is 1. The first-order chi connectivity index (χ1) is 10.0. The summed E-state index contributed by atoms with van der Waals surface area (Å²) in [6.07, 6.45) is 5.23. The molecular weight excluding hydrogens is 270 g/mol. The third-order valence-electron chi connectivity index (χ3n) is 5.32. The van der Waals surface area contributed by atoms with E-state index in [2.05, 4.69) is 12.2 Å². The normalized spacial score (nSPS) is 38.1. The number of hydrogen-bond donors (Lipinski definition) is 2. The number of β-amino-alcohol motifs (C(OH)–C–C–N with tert-alkyl or cyclic N) is 1. The van der Waals surface area contributed by atoms with Gasteiger partial charge >= 0.3 is 6.03 Å². The predicted molar refractivity (Wildman–Crippen MR) is 77.4 cm³/mol. The van der Waals surface area contributed by atoms with Gasteiger partial charge in [-0.1, -0.05) is 19.8 Å². The fourth-order valence-electron chi connectivity index (χ4n) is 3.98. The number of urea groups is 1. The first-order valence-electron chi connectivity index (χ1n) is 8.07. The third kappa shape index (κ3) is 2.55. The summed E-state index contributed by atoms with van der Waals surface area (Å²) in [6, 6.07) is -0.270. The molecule has 0 aromatic carbocycles. The molecule has 2 heterocycles. The van der Waals surface area contributed by atoms with E-state index in [1.165, 1.54) is 4.90 Å². The first-order valence-corrected chi connectivity index (χ1v) is 8.07. The molecule has 1 aliphatic carbocycles. The number of carbonyl (C=O) groups excluding carboxylic acids is 2. The lowest BCUT2D eigenvalue weighted by molar-refractivity contribution is -0.136. The number of aliphatic hydroxyl groups excluding tert-OH is 1. The molecule has 0 aromatic rings. The highest BCUT2D eigenvalue weighted by Gasteiger charge is 2.55. The van der Waals surface area contributed by atoms with Crippen LogP contribution in [0.5, 0.6) is 0 Å². The minimum absolute atomic E-state index is 0.0697. The molecule has 0 aromatic heterocycles. The molecule has 0 radical (unpaired) electrons. The maximum Gasteiger partial charge on any atom is 0.326 e. The Balaban J connectivity index is 1.71. The van der Waals surface area contributed by atoms with Gasteiger partial charge in [-0.05, 0) is 31.6 Å². The highest BCUT2D eigenvalue weighted by Crippen LogP contribution is 2.38. The average molecular weight is 295 g/mol. The first kappa shape index (κ1) is 14.8. The number of carbonyl (C=O) groups is 2. The van der Waals surface area contributed by atoms with Gasteiger partial charge < -0.3 is 10.4 Å². The highest BCUT2D eigenvalue weighted by molar-refractivity contribution is 6.07. The molecule has 6 heteroatoms. The Labute approximate surface area is 125 Å². The average Bonchev–Trinajstić information content (AvgIpc) is 2.68. The van der Waals surface area contributed by atoms with Gasteiger partial charge in [0.2, 0.25) is 0 Å². The van der Waals surface area contributed by atoms with Crippen molar-refractivity contribution >= 4 is 11.9 Å². The lowest BCUT2D eigenvalue weighted by atomic mass is 9.73. The minimum Gasteiger partial charge on any atom is -0.392 e. The van der Waals surface area contributed by atoms with Crippen molar-refractivity contribution < 1.29 is 14.7 Å². The maximum absolute atomic E-state index is 12.8. The number of nitrogens with zero attached hydrogens (tertiary/aromatic N) is 2. The number of hydrogen-bond acceptors (Lipinski definition) is 4. The van der Waals surface area contributed by atoms with Gasteiger partial charge in [0.25, 0.3) is 5.91 Å². The molecule has 1 spiro atoms. The monoisotopic (exact) mass is 295 g/mol. The molecule has 3 atom stereocenters. The van der Waals surface area contributed by atoms with Crippen LogP contribution in [0.3, 0.4) is 0 Å². The van der Waals surface area contributed by atoms with Crippen LogP contribution in [0.2, 0.25) is 0 Å².